The number of nitrogens with zero attached hydrogens (tertiary/aromatic N) is 4. The summed E-state index contributed by atoms with van der Waals surface area (Å²) in [4.78, 5) is 32.0. The van der Waals surface area contributed by atoms with Crippen LogP contribution in [0.4, 0.5) is 10.5 Å². The fraction of sp³-hybridized carbons (Fsp3) is 0.440. The van der Waals surface area contributed by atoms with Gasteiger partial charge in [0.1, 0.15) is 6.04 Å². The normalized spacial score (nSPS) is 18.9. The number of hydrogen-bond donors (Lipinski definition) is 2. The second-order valence-electron chi connectivity index (χ2n) is 8.75. The first kappa shape index (κ1) is 23.5. The Morgan fingerprint density at radius 3 is 2.79 bits per heavy atom. The average Bonchev–Trinajstić information content (AvgIpc) is 3.11. The summed E-state index contributed by atoms with van der Waals surface area (Å²) in [5.74, 6) is -0.472. The number of aromatic nitrogens is 1. The van der Waals surface area contributed by atoms with Crippen LogP contribution in [0.1, 0.15) is 24.1 Å². The van der Waals surface area contributed by atoms with Crippen LogP contribution < -0.4 is 10.2 Å². The third kappa shape index (κ3) is 5.46. The van der Waals surface area contributed by atoms with E-state index in [2.05, 4.69) is 34.4 Å². The average molecular weight is 464 g/mol. The molecule has 2 amide bonds. The molecule has 0 radical (unpaired) electrons. The van der Waals surface area contributed by atoms with Gasteiger partial charge in [0, 0.05) is 44.9 Å². The number of carboxylic acid groups (broad SMARTS) is 1. The Kier molecular flexibility index (Phi) is 7.28. The molecule has 1 fully saturated rings. The molecule has 2 aromatic rings. The van der Waals surface area contributed by atoms with Crippen LogP contribution >= 0.6 is 0 Å². The first-order valence-corrected chi connectivity index (χ1v) is 11.5. The van der Waals surface area contributed by atoms with Gasteiger partial charge in [0.05, 0.1) is 24.0 Å². The highest BCUT2D eigenvalue weighted by Crippen LogP contribution is 2.29. The molecule has 2 atom stereocenters. The minimum atomic E-state index is -1.08. The lowest BCUT2D eigenvalue weighted by Gasteiger charge is -2.27. The van der Waals surface area contributed by atoms with Gasteiger partial charge in [0.25, 0.3) is 5.91 Å². The predicted molar refractivity (Wildman–Crippen MR) is 126 cm³/mol. The number of ether oxygens (including phenoxy) is 1. The van der Waals surface area contributed by atoms with Crippen LogP contribution in [-0.2, 0) is 22.4 Å². The monoisotopic (exact) mass is 463 g/mol. The number of pyridine rings is 1. The number of rotatable bonds is 5. The molecule has 4 rings (SSSR count). The van der Waals surface area contributed by atoms with E-state index < -0.39 is 24.1 Å². The third-order valence-corrected chi connectivity index (χ3v) is 6.31. The molecule has 0 saturated carbocycles. The fourth-order valence-electron chi connectivity index (χ4n) is 4.39. The van der Waals surface area contributed by atoms with E-state index in [0.29, 0.717) is 26.0 Å². The van der Waals surface area contributed by atoms with Crippen LogP contribution in [0, 0.1) is 11.3 Å². The van der Waals surface area contributed by atoms with E-state index in [1.54, 1.807) is 0 Å². The molecule has 0 spiro atoms. The Morgan fingerprint density at radius 1 is 1.26 bits per heavy atom. The summed E-state index contributed by atoms with van der Waals surface area (Å²) in [5, 5.41) is 21.5. The van der Waals surface area contributed by atoms with E-state index in [0.717, 1.165) is 41.8 Å². The van der Waals surface area contributed by atoms with Crippen LogP contribution in [0.15, 0.2) is 36.5 Å². The molecule has 1 aromatic heterocycles. The van der Waals surface area contributed by atoms with Crippen molar-refractivity contribution < 1.29 is 19.4 Å². The molecular formula is C25H29N5O4. The largest absolute Gasteiger partial charge is 0.465 e. The molecule has 34 heavy (non-hydrogen) atoms. The number of aryl methyl sites for hydroxylation is 1. The van der Waals surface area contributed by atoms with Crippen molar-refractivity contribution in [1.29, 1.82) is 5.26 Å². The van der Waals surface area contributed by atoms with Gasteiger partial charge >= 0.3 is 6.09 Å². The summed E-state index contributed by atoms with van der Waals surface area (Å²) in [7, 11) is 2.09. The molecule has 1 aromatic carbocycles. The smallest absolute Gasteiger partial charge is 0.407 e. The zero-order chi connectivity index (χ0) is 24.1. The first-order valence-electron chi connectivity index (χ1n) is 11.5. The Bertz CT molecular complexity index is 1080. The lowest BCUT2D eigenvalue weighted by Crippen LogP contribution is -2.47. The highest BCUT2D eigenvalue weighted by molar-refractivity contribution is 5.82. The maximum Gasteiger partial charge on any atom is 0.407 e. The molecule has 178 valence electrons. The topological polar surface area (TPSA) is 119 Å². The third-order valence-electron chi connectivity index (χ3n) is 6.31. The summed E-state index contributed by atoms with van der Waals surface area (Å²) in [6, 6.07) is 11.4. The van der Waals surface area contributed by atoms with Gasteiger partial charge in [-0.1, -0.05) is 24.3 Å². The van der Waals surface area contributed by atoms with Gasteiger partial charge < -0.3 is 25.0 Å². The van der Waals surface area contributed by atoms with Gasteiger partial charge in [-0.2, -0.15) is 5.26 Å². The molecule has 0 aliphatic carbocycles. The van der Waals surface area contributed by atoms with E-state index in [-0.39, 0.29) is 6.54 Å². The number of amides is 2. The van der Waals surface area contributed by atoms with Crippen LogP contribution in [-0.4, -0.2) is 72.4 Å². The van der Waals surface area contributed by atoms with Crippen LogP contribution in [0.25, 0.3) is 11.1 Å². The molecule has 2 aliphatic heterocycles. The van der Waals surface area contributed by atoms with Crippen molar-refractivity contribution in [3.8, 4) is 17.2 Å². The van der Waals surface area contributed by atoms with Crippen molar-refractivity contribution in [3.63, 3.8) is 0 Å². The highest BCUT2D eigenvalue weighted by atomic mass is 16.5. The lowest BCUT2D eigenvalue weighted by atomic mass is 10.00. The summed E-state index contributed by atoms with van der Waals surface area (Å²) in [6.07, 6.45) is 2.88. The standard InChI is InChI=1S/C25H29N5O4/c1-29-9-2-4-21-22(29)13-19(15-27-21)18-7-5-17(6-8-18)12-20(14-26)28-24(31)23-16-30(25(32)33)10-3-11-34-23/h5-8,13,15,20,23H,2-4,9-12,16H2,1H3,(H,28,31)(H,32,33)/t20-,23-/m0/s1. The van der Waals surface area contributed by atoms with Crippen LogP contribution in [0.2, 0.25) is 0 Å². The van der Waals surface area contributed by atoms with E-state index in [9.17, 15) is 20.0 Å². The summed E-state index contributed by atoms with van der Waals surface area (Å²) in [5.41, 5.74) is 5.29. The van der Waals surface area contributed by atoms with E-state index in [1.165, 1.54) is 10.6 Å². The molecular weight excluding hydrogens is 434 g/mol. The second-order valence-corrected chi connectivity index (χ2v) is 8.75. The quantitative estimate of drug-likeness (QED) is 0.699. The zero-order valence-corrected chi connectivity index (χ0v) is 19.2. The van der Waals surface area contributed by atoms with Crippen molar-refractivity contribution in [2.45, 2.75) is 37.8 Å². The Balaban J connectivity index is 1.39. The van der Waals surface area contributed by atoms with E-state index >= 15 is 0 Å². The summed E-state index contributed by atoms with van der Waals surface area (Å²) < 4.78 is 5.52. The van der Waals surface area contributed by atoms with E-state index in [4.69, 9.17) is 4.74 Å². The molecule has 0 unspecified atom stereocenters. The Labute approximate surface area is 198 Å². The summed E-state index contributed by atoms with van der Waals surface area (Å²) in [6.45, 7) is 1.60. The number of nitriles is 1. The molecule has 2 aliphatic rings. The van der Waals surface area contributed by atoms with Gasteiger partial charge in [-0.15, -0.1) is 0 Å². The van der Waals surface area contributed by atoms with Crippen LogP contribution in [0.5, 0.6) is 0 Å². The SMILES string of the molecule is CN1CCCc2ncc(-c3ccc(C[C@@H](C#N)NC(=O)[C@@H]4CN(C(=O)O)CCCO4)cc3)cc21. The summed E-state index contributed by atoms with van der Waals surface area (Å²) >= 11 is 0. The lowest BCUT2D eigenvalue weighted by molar-refractivity contribution is -0.133. The fourth-order valence-corrected chi connectivity index (χ4v) is 4.39. The molecule has 9 heteroatoms. The molecule has 9 nitrogen and oxygen atoms in total. The number of carbonyl (C=O) groups excluding carboxylic acids is 1. The number of benzene rings is 1. The van der Waals surface area contributed by atoms with Crippen molar-refractivity contribution in [2.24, 2.45) is 0 Å². The highest BCUT2D eigenvalue weighted by Gasteiger charge is 2.29. The zero-order valence-electron chi connectivity index (χ0n) is 19.2. The molecule has 1 saturated heterocycles. The molecule has 2 N–H and O–H groups in total. The number of fused-ring (bicyclic) bond motifs is 1. The van der Waals surface area contributed by atoms with Crippen molar-refractivity contribution in [1.82, 2.24) is 15.2 Å². The molecule has 0 bridgehead atoms. The van der Waals surface area contributed by atoms with E-state index in [1.807, 2.05) is 30.5 Å². The maximum atomic E-state index is 12.6. The van der Waals surface area contributed by atoms with Crippen molar-refractivity contribution in [3.05, 3.63) is 47.8 Å². The Morgan fingerprint density at radius 2 is 2.06 bits per heavy atom. The van der Waals surface area contributed by atoms with Gasteiger partial charge in [-0.05, 0) is 36.5 Å². The predicted octanol–water partition coefficient (Wildman–Crippen LogP) is 2.45. The van der Waals surface area contributed by atoms with Gasteiger partial charge in [0.15, 0.2) is 6.10 Å². The number of hydrogen-bond acceptors (Lipinski definition) is 6. The van der Waals surface area contributed by atoms with Gasteiger partial charge in [-0.25, -0.2) is 4.79 Å². The molecule has 3 heterocycles. The second kappa shape index (κ2) is 10.5. The number of anilines is 1. The minimum absolute atomic E-state index is 0.0436. The minimum Gasteiger partial charge on any atom is -0.465 e. The number of carbonyl (C=O) groups is 2. The van der Waals surface area contributed by atoms with Gasteiger partial charge in [-0.3, -0.25) is 9.78 Å². The number of nitrogens with one attached hydrogen (secondary N) is 1. The van der Waals surface area contributed by atoms with Gasteiger partial charge in [0.2, 0.25) is 0 Å². The first-order chi connectivity index (χ1) is 16.4. The van der Waals surface area contributed by atoms with Crippen molar-refractivity contribution in [2.75, 3.05) is 38.2 Å². The maximum absolute atomic E-state index is 12.6. The van der Waals surface area contributed by atoms with Crippen molar-refractivity contribution >= 4 is 17.7 Å². The van der Waals surface area contributed by atoms with Crippen LogP contribution in [0.3, 0.4) is 0 Å². The Hall–Kier alpha value is -3.64.